The molecule has 9 heteroatoms. The predicted octanol–water partition coefficient (Wildman–Crippen LogP) is 4.64. The van der Waals surface area contributed by atoms with Crippen LogP contribution in [0.4, 0.5) is 11.4 Å². The fraction of sp³-hybridized carbons (Fsp3) is 0.133. The topological polar surface area (TPSA) is 103 Å². The minimum atomic E-state index is -0.983. The van der Waals surface area contributed by atoms with E-state index in [0.29, 0.717) is 0 Å². The van der Waals surface area contributed by atoms with Crippen LogP contribution < -0.4 is 0 Å². The molecule has 0 spiro atoms. The van der Waals surface area contributed by atoms with Gasteiger partial charge >= 0.3 is 0 Å². The van der Waals surface area contributed by atoms with Crippen molar-refractivity contribution in [1.82, 2.24) is 0 Å². The number of carbonyl (C=O) groups excluding carboxylic acids is 1. The molecule has 0 aromatic heterocycles. The summed E-state index contributed by atoms with van der Waals surface area (Å²) in [4.78, 5) is 31.7. The molecule has 0 radical (unpaired) electrons. The molecule has 0 bridgehead atoms. The van der Waals surface area contributed by atoms with E-state index in [9.17, 15) is 25.0 Å². The van der Waals surface area contributed by atoms with E-state index in [4.69, 9.17) is 0 Å². The van der Waals surface area contributed by atoms with Crippen LogP contribution in [0.1, 0.15) is 20.8 Å². The number of rotatable bonds is 6. The molecule has 7 nitrogen and oxygen atoms in total. The molecule has 0 fully saturated rings. The van der Waals surface area contributed by atoms with E-state index in [0.717, 1.165) is 0 Å². The molecule has 0 saturated carbocycles. The minimum absolute atomic E-state index is 0.190. The molecular weight excluding hydrogens is 448 g/mol. The number of ketones is 1. The number of alkyl halides is 2. The third kappa shape index (κ3) is 3.68. The van der Waals surface area contributed by atoms with Gasteiger partial charge in [-0.2, -0.15) is 0 Å². The standard InChI is InChI=1S/C15H10Br2N2O5/c16-13(9-5-1-3-7-11(9)18(21)22)15(20)14(17)10-6-2-4-8-12(10)19(23)24/h1-8,13-14H. The van der Waals surface area contributed by atoms with Crippen LogP contribution in [0.3, 0.4) is 0 Å². The van der Waals surface area contributed by atoms with Crippen LogP contribution in [0, 0.1) is 20.2 Å². The molecular formula is C15H10Br2N2O5. The number of Topliss-reactive ketones (excluding diaryl/α,β-unsaturated/α-hetero) is 1. The van der Waals surface area contributed by atoms with Crippen molar-refractivity contribution >= 4 is 49.0 Å². The molecule has 2 aromatic rings. The molecule has 2 unspecified atom stereocenters. The molecule has 2 rings (SSSR count). The summed E-state index contributed by atoms with van der Waals surface area (Å²) in [5.41, 5.74) is -0.0176. The van der Waals surface area contributed by atoms with Gasteiger partial charge in [-0.3, -0.25) is 25.0 Å². The largest absolute Gasteiger partial charge is 0.296 e. The van der Waals surface area contributed by atoms with Gasteiger partial charge < -0.3 is 0 Å². The maximum absolute atomic E-state index is 12.7. The first-order valence-electron chi connectivity index (χ1n) is 6.63. The average Bonchev–Trinajstić information content (AvgIpc) is 2.59. The van der Waals surface area contributed by atoms with Gasteiger partial charge in [-0.15, -0.1) is 0 Å². The number of nitro groups is 2. The average molecular weight is 458 g/mol. The van der Waals surface area contributed by atoms with Crippen LogP contribution in [-0.4, -0.2) is 15.6 Å². The van der Waals surface area contributed by atoms with E-state index in [1.165, 1.54) is 36.4 Å². The Kier molecular flexibility index (Phi) is 5.79. The number of para-hydroxylation sites is 2. The van der Waals surface area contributed by atoms with Gasteiger partial charge in [0, 0.05) is 12.1 Å². The molecule has 2 aromatic carbocycles. The van der Waals surface area contributed by atoms with Crippen LogP contribution in [-0.2, 0) is 4.79 Å². The van der Waals surface area contributed by atoms with Crippen LogP contribution in [0.25, 0.3) is 0 Å². The first-order chi connectivity index (χ1) is 11.3. The van der Waals surface area contributed by atoms with Crippen molar-refractivity contribution in [2.24, 2.45) is 0 Å². The van der Waals surface area contributed by atoms with E-state index in [2.05, 4.69) is 31.9 Å². The summed E-state index contributed by atoms with van der Waals surface area (Å²) in [5.74, 6) is -0.474. The third-order valence-electron chi connectivity index (χ3n) is 3.31. The maximum atomic E-state index is 12.7. The van der Waals surface area contributed by atoms with Gasteiger partial charge in [-0.25, -0.2) is 0 Å². The van der Waals surface area contributed by atoms with Crippen LogP contribution in [0.15, 0.2) is 48.5 Å². The van der Waals surface area contributed by atoms with Crippen molar-refractivity contribution < 1.29 is 14.6 Å². The lowest BCUT2D eigenvalue weighted by Crippen LogP contribution is -2.15. The minimum Gasteiger partial charge on any atom is -0.296 e. The summed E-state index contributed by atoms with van der Waals surface area (Å²) in [6.07, 6.45) is 0. The number of carbonyl (C=O) groups is 1. The Labute approximate surface area is 153 Å². The molecule has 0 aliphatic heterocycles. The number of halogens is 2. The van der Waals surface area contributed by atoms with Gasteiger partial charge in [0.2, 0.25) is 0 Å². The molecule has 2 atom stereocenters. The fourth-order valence-electron chi connectivity index (χ4n) is 2.17. The van der Waals surface area contributed by atoms with Crippen molar-refractivity contribution in [2.45, 2.75) is 9.65 Å². The van der Waals surface area contributed by atoms with Gasteiger partial charge in [-0.05, 0) is 0 Å². The van der Waals surface area contributed by atoms with Crippen LogP contribution in [0.5, 0.6) is 0 Å². The number of nitrogens with zero attached hydrogens (tertiary/aromatic N) is 2. The first-order valence-corrected chi connectivity index (χ1v) is 8.46. The fourth-order valence-corrected chi connectivity index (χ4v) is 3.83. The van der Waals surface area contributed by atoms with Gasteiger partial charge in [0.1, 0.15) is 9.65 Å². The molecule has 0 N–H and O–H groups in total. The zero-order chi connectivity index (χ0) is 17.9. The summed E-state index contributed by atoms with van der Waals surface area (Å²) in [5, 5.41) is 22.2. The van der Waals surface area contributed by atoms with Gasteiger partial charge in [0.25, 0.3) is 11.4 Å². The van der Waals surface area contributed by atoms with E-state index in [1.807, 2.05) is 0 Å². The number of hydrogen-bond acceptors (Lipinski definition) is 5. The summed E-state index contributed by atoms with van der Waals surface area (Å²) in [6.45, 7) is 0. The predicted molar refractivity (Wildman–Crippen MR) is 94.5 cm³/mol. The Balaban J connectivity index is 2.39. The van der Waals surface area contributed by atoms with E-state index < -0.39 is 25.3 Å². The lowest BCUT2D eigenvalue weighted by molar-refractivity contribution is -0.385. The highest BCUT2D eigenvalue weighted by molar-refractivity contribution is 9.10. The van der Waals surface area contributed by atoms with Crippen molar-refractivity contribution in [1.29, 1.82) is 0 Å². The van der Waals surface area contributed by atoms with Crippen LogP contribution in [0.2, 0.25) is 0 Å². The number of hydrogen-bond donors (Lipinski definition) is 0. The molecule has 0 amide bonds. The first kappa shape index (κ1) is 18.2. The second-order valence-corrected chi connectivity index (χ2v) is 6.59. The summed E-state index contributed by atoms with van der Waals surface area (Å²) in [7, 11) is 0. The second-order valence-electron chi connectivity index (χ2n) is 4.76. The Morgan fingerprint density at radius 1 is 0.792 bits per heavy atom. The van der Waals surface area contributed by atoms with Gasteiger partial charge in [-0.1, -0.05) is 68.3 Å². The van der Waals surface area contributed by atoms with Crippen molar-refractivity contribution in [3.63, 3.8) is 0 Å². The van der Waals surface area contributed by atoms with Gasteiger partial charge in [0.15, 0.2) is 5.78 Å². The maximum Gasteiger partial charge on any atom is 0.274 e. The SMILES string of the molecule is O=C(C(Br)c1ccccc1[N+](=O)[O-])C(Br)c1ccccc1[N+](=O)[O-]. The zero-order valence-electron chi connectivity index (χ0n) is 12.0. The van der Waals surface area contributed by atoms with E-state index >= 15 is 0 Å². The molecule has 0 saturated heterocycles. The summed E-state index contributed by atoms with van der Waals surface area (Å²) in [6, 6.07) is 11.7. The second kappa shape index (κ2) is 7.63. The lowest BCUT2D eigenvalue weighted by Gasteiger charge is -2.14. The molecule has 0 aliphatic rings. The zero-order valence-corrected chi connectivity index (χ0v) is 15.1. The molecule has 0 aliphatic carbocycles. The Hall–Kier alpha value is -2.13. The monoisotopic (exact) mass is 456 g/mol. The smallest absolute Gasteiger partial charge is 0.274 e. The Bertz CT molecular complexity index is 746. The quantitative estimate of drug-likeness (QED) is 0.357. The van der Waals surface area contributed by atoms with Crippen molar-refractivity contribution in [3.8, 4) is 0 Å². The third-order valence-corrected chi connectivity index (χ3v) is 5.20. The molecule has 24 heavy (non-hydrogen) atoms. The Morgan fingerprint density at radius 3 is 1.46 bits per heavy atom. The molecule has 124 valence electrons. The number of nitro benzene ring substituents is 2. The molecule has 0 heterocycles. The van der Waals surface area contributed by atoms with Crippen LogP contribution >= 0.6 is 31.9 Å². The number of benzene rings is 2. The highest BCUT2D eigenvalue weighted by Gasteiger charge is 2.33. The van der Waals surface area contributed by atoms with E-state index in [-0.39, 0.29) is 22.5 Å². The summed E-state index contributed by atoms with van der Waals surface area (Å²) >= 11 is 6.35. The highest BCUT2D eigenvalue weighted by Crippen LogP contribution is 2.40. The lowest BCUT2D eigenvalue weighted by atomic mass is 10.0. The van der Waals surface area contributed by atoms with Crippen molar-refractivity contribution in [3.05, 3.63) is 79.9 Å². The van der Waals surface area contributed by atoms with Crippen molar-refractivity contribution in [2.75, 3.05) is 0 Å². The van der Waals surface area contributed by atoms with E-state index in [1.54, 1.807) is 12.1 Å². The van der Waals surface area contributed by atoms with Gasteiger partial charge in [0.05, 0.1) is 21.0 Å². The Morgan fingerprint density at radius 2 is 1.12 bits per heavy atom. The summed E-state index contributed by atoms with van der Waals surface area (Å²) < 4.78 is 0. The highest BCUT2D eigenvalue weighted by atomic mass is 79.9. The normalized spacial score (nSPS) is 13.1.